The summed E-state index contributed by atoms with van der Waals surface area (Å²) in [6.45, 7) is 4.44. The second-order valence-electron chi connectivity index (χ2n) is 21.6. The molecule has 0 rings (SSSR count). The van der Waals surface area contributed by atoms with Gasteiger partial charge in [0.1, 0.15) is 12.7 Å². The number of unbranched alkanes of at least 4 members (excludes halogenated alkanes) is 25. The molecule has 0 aliphatic carbocycles. The first-order chi connectivity index (χ1) is 40.2. The number of esters is 3. The highest BCUT2D eigenvalue weighted by Crippen LogP contribution is 2.43. The van der Waals surface area contributed by atoms with Crippen molar-refractivity contribution in [1.29, 1.82) is 0 Å². The summed E-state index contributed by atoms with van der Waals surface area (Å²) in [4.78, 5) is 48.8. The lowest BCUT2D eigenvalue weighted by molar-refractivity contribution is -0.161. The average molecular weight is 1170 g/mol. The monoisotopic (exact) mass is 1170 g/mol. The molecule has 0 radical (unpaired) electrons. The molecule has 0 amide bonds. The fourth-order valence-electron chi connectivity index (χ4n) is 8.74. The van der Waals surface area contributed by atoms with Gasteiger partial charge in [0.2, 0.25) is 0 Å². The number of allylic oxidation sites excluding steroid dienone is 18. The van der Waals surface area contributed by atoms with Crippen molar-refractivity contribution in [1.82, 2.24) is 0 Å². The van der Waals surface area contributed by atoms with E-state index in [1.807, 2.05) is 12.2 Å². The Kier molecular flexibility index (Phi) is 60.2. The highest BCUT2D eigenvalue weighted by atomic mass is 31.2. The van der Waals surface area contributed by atoms with E-state index in [1.165, 1.54) is 109 Å². The van der Waals surface area contributed by atoms with E-state index in [0.29, 0.717) is 19.3 Å². The normalized spacial score (nSPS) is 14.0. The third-order valence-corrected chi connectivity index (χ3v) is 14.6. The Morgan fingerprint density at radius 1 is 0.354 bits per heavy atom. The first-order valence-electron chi connectivity index (χ1n) is 32.8. The number of hydrogen-bond acceptors (Lipinski definition) is 10. The molecule has 0 aromatic rings. The Morgan fingerprint density at radius 3 is 1.05 bits per heavy atom. The van der Waals surface area contributed by atoms with Gasteiger partial charge in [-0.05, 0) is 96.3 Å². The van der Waals surface area contributed by atoms with E-state index in [-0.39, 0.29) is 25.9 Å². The van der Waals surface area contributed by atoms with E-state index in [0.717, 1.165) is 109 Å². The van der Waals surface area contributed by atoms with Gasteiger partial charge in [0.05, 0.1) is 19.8 Å². The van der Waals surface area contributed by atoms with Crippen LogP contribution >= 0.6 is 7.82 Å². The van der Waals surface area contributed by atoms with E-state index in [1.54, 1.807) is 0 Å². The second-order valence-corrected chi connectivity index (χ2v) is 23.0. The molecule has 0 aromatic heterocycles. The van der Waals surface area contributed by atoms with Gasteiger partial charge in [0.25, 0.3) is 0 Å². The molecule has 0 bridgehead atoms. The Morgan fingerprint density at radius 2 is 0.659 bits per heavy atom. The smallest absolute Gasteiger partial charge is 0.462 e. The van der Waals surface area contributed by atoms with Gasteiger partial charge < -0.3 is 24.2 Å². The minimum atomic E-state index is -4.78. The standard InChI is InChI=1S/C70H119O11P/c1-4-7-10-13-16-19-22-25-28-31-33-36-38-41-44-47-50-53-56-59-68(72)77-63-67(81-70(74)61-58-55-52-49-46-43-40-37-34-32-29-26-23-20-17-14-11-8-5-2)65-79-82(75,76)78-64-66(62-71)80-69(73)60-57-54-51-48-45-42-39-35-30-27-24-21-18-15-12-9-6-3/h7,10,16-17,19-20,25-26,28-29,33-34,36-37,41,44,50,53,66-67,71H,4-6,8-9,11-15,18,21-24,27,30-32,35,38-40,42-43,45-49,51-52,54-65H2,1-3H3,(H,75,76)/b10-7-,19-16-,20-17-,28-25-,29-26-,36-33-,37-34-,44-41-,53-50-. The molecule has 0 spiro atoms. The average Bonchev–Trinajstić information content (AvgIpc) is 3.47. The summed E-state index contributed by atoms with van der Waals surface area (Å²) < 4.78 is 39.6. The summed E-state index contributed by atoms with van der Waals surface area (Å²) in [5.41, 5.74) is 0. The molecule has 470 valence electrons. The fourth-order valence-corrected chi connectivity index (χ4v) is 9.53. The van der Waals surface area contributed by atoms with Crippen molar-refractivity contribution in [3.05, 3.63) is 109 Å². The third kappa shape index (κ3) is 60.7. The number of aliphatic hydroxyl groups excluding tert-OH is 1. The first-order valence-corrected chi connectivity index (χ1v) is 34.3. The Balaban J connectivity index is 4.81. The zero-order chi connectivity index (χ0) is 59.8. The number of carbonyl (C=O) groups excluding carboxylic acids is 3. The van der Waals surface area contributed by atoms with Crippen molar-refractivity contribution < 1.29 is 52.2 Å². The SMILES string of the molecule is CC/C=C\C/C=C\C/C=C\C/C=C\C/C=C\C/C=C\CCC(=O)OCC(COP(=O)(O)OCC(CO)OC(=O)CCCCCCCCCCCCCCCCCCC)OC(=O)CCCCCCCC/C=C\C/C=C\C/C=C\CCCCC. The van der Waals surface area contributed by atoms with E-state index >= 15 is 0 Å². The van der Waals surface area contributed by atoms with Crippen LogP contribution < -0.4 is 0 Å². The molecule has 0 saturated heterocycles. The lowest BCUT2D eigenvalue weighted by Crippen LogP contribution is -2.30. The van der Waals surface area contributed by atoms with E-state index < -0.39 is 57.8 Å². The molecule has 2 N–H and O–H groups in total. The number of carbonyl (C=O) groups is 3. The Bertz CT molecular complexity index is 1790. The van der Waals surface area contributed by atoms with Crippen molar-refractivity contribution in [2.75, 3.05) is 26.4 Å². The van der Waals surface area contributed by atoms with Crippen molar-refractivity contribution >= 4 is 25.7 Å². The first kappa shape index (κ1) is 78.1. The molecule has 0 aliphatic rings. The van der Waals surface area contributed by atoms with Gasteiger partial charge in [0, 0.05) is 19.3 Å². The van der Waals surface area contributed by atoms with Crippen molar-refractivity contribution in [2.45, 2.75) is 290 Å². The number of ether oxygens (including phenoxy) is 3. The van der Waals surface area contributed by atoms with E-state index in [9.17, 15) is 28.9 Å². The lowest BCUT2D eigenvalue weighted by Gasteiger charge is -2.21. The van der Waals surface area contributed by atoms with Gasteiger partial charge in [0.15, 0.2) is 6.10 Å². The van der Waals surface area contributed by atoms with Gasteiger partial charge in [-0.25, -0.2) is 4.57 Å². The molecule has 0 fully saturated rings. The molecule has 0 aliphatic heterocycles. The van der Waals surface area contributed by atoms with Crippen LogP contribution in [0.15, 0.2) is 109 Å². The molecular formula is C70H119O11P. The third-order valence-electron chi connectivity index (χ3n) is 13.7. The Hall–Kier alpha value is -3.86. The van der Waals surface area contributed by atoms with Gasteiger partial charge in [-0.1, -0.05) is 271 Å². The van der Waals surface area contributed by atoms with Crippen LogP contribution in [0.25, 0.3) is 0 Å². The molecule has 0 saturated carbocycles. The highest BCUT2D eigenvalue weighted by molar-refractivity contribution is 7.47. The number of hydrogen-bond donors (Lipinski definition) is 2. The summed E-state index contributed by atoms with van der Waals surface area (Å²) >= 11 is 0. The predicted octanol–water partition coefficient (Wildman–Crippen LogP) is 20.1. The maximum atomic E-state index is 13.0. The minimum absolute atomic E-state index is 0.0943. The van der Waals surface area contributed by atoms with Crippen molar-refractivity contribution in [3.63, 3.8) is 0 Å². The van der Waals surface area contributed by atoms with Crippen LogP contribution in [-0.2, 0) is 42.2 Å². The Labute approximate surface area is 501 Å². The lowest BCUT2D eigenvalue weighted by atomic mass is 10.0. The largest absolute Gasteiger partial charge is 0.472 e. The predicted molar refractivity (Wildman–Crippen MR) is 343 cm³/mol. The maximum absolute atomic E-state index is 13.0. The summed E-state index contributed by atoms with van der Waals surface area (Å²) in [6.07, 6.45) is 77.6. The van der Waals surface area contributed by atoms with Gasteiger partial charge >= 0.3 is 25.7 Å². The topological polar surface area (TPSA) is 155 Å². The summed E-state index contributed by atoms with van der Waals surface area (Å²) in [5.74, 6) is -1.58. The van der Waals surface area contributed by atoms with Gasteiger partial charge in [-0.2, -0.15) is 0 Å². The van der Waals surface area contributed by atoms with Crippen LogP contribution in [0.3, 0.4) is 0 Å². The molecule has 11 nitrogen and oxygen atoms in total. The van der Waals surface area contributed by atoms with E-state index in [4.69, 9.17) is 23.3 Å². The zero-order valence-corrected chi connectivity index (χ0v) is 53.1. The fraction of sp³-hybridized carbons (Fsp3) is 0.700. The molecule has 0 heterocycles. The molecule has 12 heteroatoms. The van der Waals surface area contributed by atoms with E-state index in [2.05, 4.69) is 118 Å². The summed E-state index contributed by atoms with van der Waals surface area (Å²) in [6, 6.07) is 0. The number of aliphatic hydroxyl groups is 1. The summed E-state index contributed by atoms with van der Waals surface area (Å²) in [7, 11) is -4.78. The summed E-state index contributed by atoms with van der Waals surface area (Å²) in [5, 5.41) is 9.86. The van der Waals surface area contributed by atoms with Crippen LogP contribution in [0, 0.1) is 0 Å². The van der Waals surface area contributed by atoms with Gasteiger partial charge in [-0.3, -0.25) is 23.4 Å². The van der Waals surface area contributed by atoms with Crippen LogP contribution in [0.4, 0.5) is 0 Å². The molecule has 82 heavy (non-hydrogen) atoms. The number of phosphoric acid groups is 1. The molecule has 3 atom stereocenters. The van der Waals surface area contributed by atoms with Crippen molar-refractivity contribution in [3.8, 4) is 0 Å². The minimum Gasteiger partial charge on any atom is -0.462 e. The van der Waals surface area contributed by atoms with Crippen LogP contribution in [0.1, 0.15) is 278 Å². The number of rotatable bonds is 60. The molecule has 3 unspecified atom stereocenters. The highest BCUT2D eigenvalue weighted by Gasteiger charge is 2.28. The van der Waals surface area contributed by atoms with Crippen LogP contribution in [-0.4, -0.2) is 66.5 Å². The molecular weight excluding hydrogens is 1050 g/mol. The van der Waals surface area contributed by atoms with Crippen LogP contribution in [0.5, 0.6) is 0 Å². The quantitative estimate of drug-likeness (QED) is 0.0197. The zero-order valence-electron chi connectivity index (χ0n) is 52.2. The van der Waals surface area contributed by atoms with Gasteiger partial charge in [-0.15, -0.1) is 0 Å². The number of phosphoric ester groups is 1. The van der Waals surface area contributed by atoms with Crippen molar-refractivity contribution in [2.24, 2.45) is 0 Å². The second kappa shape index (κ2) is 63.2. The maximum Gasteiger partial charge on any atom is 0.472 e. The molecule has 0 aromatic carbocycles. The van der Waals surface area contributed by atoms with Crippen LogP contribution in [0.2, 0.25) is 0 Å².